The molecular formula is C27H25N5OS. The lowest BCUT2D eigenvalue weighted by Crippen LogP contribution is -2.23. The summed E-state index contributed by atoms with van der Waals surface area (Å²) in [6.07, 6.45) is 1.70. The van der Waals surface area contributed by atoms with E-state index in [1.165, 1.54) is 0 Å². The second-order valence-electron chi connectivity index (χ2n) is 8.32. The van der Waals surface area contributed by atoms with Crippen molar-refractivity contribution in [3.05, 3.63) is 100 Å². The summed E-state index contributed by atoms with van der Waals surface area (Å²) in [5.41, 5.74) is 11.7. The van der Waals surface area contributed by atoms with E-state index in [-0.39, 0.29) is 5.91 Å². The minimum Gasteiger partial charge on any atom is -0.383 e. The number of anilines is 1. The molecule has 0 saturated carbocycles. The number of carbonyl (C=O) groups excluding carboxylic acids is 1. The van der Waals surface area contributed by atoms with Gasteiger partial charge in [-0.3, -0.25) is 4.79 Å². The SMILES string of the molecule is Cc1cc(C(=O)NCc2ccc3ccnc(N)c3c2)c(C)n1Cc1csc(-c2ccccc2)n1. The number of nitrogen functional groups attached to an aromatic ring is 1. The van der Waals surface area contributed by atoms with E-state index in [1.54, 1.807) is 17.5 Å². The topological polar surface area (TPSA) is 85.8 Å². The summed E-state index contributed by atoms with van der Waals surface area (Å²) in [4.78, 5) is 22.0. The molecule has 0 fully saturated rings. The van der Waals surface area contributed by atoms with E-state index in [4.69, 9.17) is 10.7 Å². The fraction of sp³-hybridized carbons (Fsp3) is 0.148. The molecule has 3 N–H and O–H groups in total. The maximum Gasteiger partial charge on any atom is 0.253 e. The van der Waals surface area contributed by atoms with Crippen molar-refractivity contribution >= 4 is 33.8 Å². The average Bonchev–Trinajstić information content (AvgIpc) is 3.44. The van der Waals surface area contributed by atoms with Crippen molar-refractivity contribution in [2.75, 3.05) is 5.73 Å². The summed E-state index contributed by atoms with van der Waals surface area (Å²) in [7, 11) is 0. The highest BCUT2D eigenvalue weighted by Gasteiger charge is 2.17. The molecule has 0 unspecified atom stereocenters. The van der Waals surface area contributed by atoms with Gasteiger partial charge in [-0.2, -0.15) is 0 Å². The molecule has 0 aliphatic heterocycles. The highest BCUT2D eigenvalue weighted by atomic mass is 32.1. The first-order chi connectivity index (χ1) is 16.5. The second kappa shape index (κ2) is 9.11. The largest absolute Gasteiger partial charge is 0.383 e. The van der Waals surface area contributed by atoms with Crippen molar-refractivity contribution in [2.24, 2.45) is 0 Å². The number of benzene rings is 2. The molecule has 5 aromatic rings. The third-order valence-electron chi connectivity index (χ3n) is 6.03. The number of amides is 1. The van der Waals surface area contributed by atoms with Crippen LogP contribution in [-0.4, -0.2) is 20.4 Å². The van der Waals surface area contributed by atoms with Crippen molar-refractivity contribution in [3.63, 3.8) is 0 Å². The van der Waals surface area contributed by atoms with Crippen molar-refractivity contribution in [1.29, 1.82) is 0 Å². The Hall–Kier alpha value is -3.97. The summed E-state index contributed by atoms with van der Waals surface area (Å²) < 4.78 is 2.14. The number of hydrogen-bond donors (Lipinski definition) is 2. The van der Waals surface area contributed by atoms with Crippen LogP contribution in [0.3, 0.4) is 0 Å². The maximum atomic E-state index is 13.0. The number of fused-ring (bicyclic) bond motifs is 1. The first-order valence-corrected chi connectivity index (χ1v) is 12.0. The molecule has 0 saturated heterocycles. The average molecular weight is 468 g/mol. The van der Waals surface area contributed by atoms with E-state index in [2.05, 4.69) is 32.4 Å². The second-order valence-corrected chi connectivity index (χ2v) is 9.17. The van der Waals surface area contributed by atoms with Gasteiger partial charge < -0.3 is 15.6 Å². The molecule has 0 aliphatic rings. The Labute approximate surface area is 202 Å². The van der Waals surface area contributed by atoms with Gasteiger partial charge in [-0.25, -0.2) is 9.97 Å². The molecule has 0 aliphatic carbocycles. The molecule has 2 aromatic carbocycles. The normalized spacial score (nSPS) is 11.1. The molecule has 6 nitrogen and oxygen atoms in total. The Morgan fingerprint density at radius 2 is 1.91 bits per heavy atom. The van der Waals surface area contributed by atoms with Crippen LogP contribution in [0.5, 0.6) is 0 Å². The lowest BCUT2D eigenvalue weighted by Gasteiger charge is -2.09. The molecule has 170 valence electrons. The standard InChI is InChI=1S/C27H25N5OS/c1-17-12-23(26(33)30-14-19-8-9-20-10-11-29-25(28)24(20)13-19)18(2)32(17)15-22-16-34-27(31-22)21-6-4-3-5-7-21/h3-13,16H,14-15H2,1-2H3,(H2,28,29)(H,30,33). The van der Waals surface area contributed by atoms with Crippen LogP contribution < -0.4 is 11.1 Å². The highest BCUT2D eigenvalue weighted by molar-refractivity contribution is 7.13. The van der Waals surface area contributed by atoms with Crippen LogP contribution in [0.25, 0.3) is 21.3 Å². The zero-order valence-corrected chi connectivity index (χ0v) is 19.9. The number of aromatic nitrogens is 3. The van der Waals surface area contributed by atoms with Gasteiger partial charge in [-0.05, 0) is 43.0 Å². The molecule has 0 spiro atoms. The van der Waals surface area contributed by atoms with E-state index in [0.29, 0.717) is 24.5 Å². The number of thiazole rings is 1. The molecule has 34 heavy (non-hydrogen) atoms. The highest BCUT2D eigenvalue weighted by Crippen LogP contribution is 2.25. The zero-order valence-electron chi connectivity index (χ0n) is 19.1. The smallest absolute Gasteiger partial charge is 0.253 e. The summed E-state index contributed by atoms with van der Waals surface area (Å²) in [6.45, 7) is 5.05. The monoisotopic (exact) mass is 467 g/mol. The van der Waals surface area contributed by atoms with Gasteiger partial charge in [0, 0.05) is 40.5 Å². The number of nitrogens with two attached hydrogens (primary N) is 1. The molecule has 5 rings (SSSR count). The minimum absolute atomic E-state index is 0.0955. The quantitative estimate of drug-likeness (QED) is 0.353. The van der Waals surface area contributed by atoms with Crippen molar-refractivity contribution in [3.8, 4) is 10.6 Å². The first-order valence-electron chi connectivity index (χ1n) is 11.1. The summed E-state index contributed by atoms with van der Waals surface area (Å²) in [5, 5.41) is 8.05. The number of pyridine rings is 1. The van der Waals surface area contributed by atoms with E-state index in [9.17, 15) is 4.79 Å². The Balaban J connectivity index is 1.30. The Morgan fingerprint density at radius 1 is 1.09 bits per heavy atom. The molecular weight excluding hydrogens is 442 g/mol. The van der Waals surface area contributed by atoms with E-state index in [1.807, 2.05) is 62.4 Å². The Morgan fingerprint density at radius 3 is 2.74 bits per heavy atom. The van der Waals surface area contributed by atoms with Gasteiger partial charge in [-0.1, -0.05) is 42.5 Å². The van der Waals surface area contributed by atoms with Crippen molar-refractivity contribution < 1.29 is 4.79 Å². The Bertz CT molecular complexity index is 1490. The number of rotatable bonds is 6. The first kappa shape index (κ1) is 21.9. The van der Waals surface area contributed by atoms with Gasteiger partial charge in [0.25, 0.3) is 5.91 Å². The number of nitrogens with zero attached hydrogens (tertiary/aromatic N) is 3. The van der Waals surface area contributed by atoms with Crippen LogP contribution in [-0.2, 0) is 13.1 Å². The van der Waals surface area contributed by atoms with Crippen LogP contribution in [0, 0.1) is 13.8 Å². The van der Waals surface area contributed by atoms with E-state index in [0.717, 1.165) is 44.0 Å². The van der Waals surface area contributed by atoms with Gasteiger partial charge >= 0.3 is 0 Å². The lowest BCUT2D eigenvalue weighted by molar-refractivity contribution is 0.0950. The minimum atomic E-state index is -0.0955. The van der Waals surface area contributed by atoms with Crippen molar-refractivity contribution in [1.82, 2.24) is 19.9 Å². The maximum absolute atomic E-state index is 13.0. The summed E-state index contributed by atoms with van der Waals surface area (Å²) >= 11 is 1.64. The molecule has 1 amide bonds. The molecule has 0 bridgehead atoms. The third kappa shape index (κ3) is 4.30. The molecule has 0 radical (unpaired) electrons. The van der Waals surface area contributed by atoms with Crippen LogP contribution in [0.15, 0.2) is 72.2 Å². The van der Waals surface area contributed by atoms with E-state index >= 15 is 0 Å². The van der Waals surface area contributed by atoms with Crippen LogP contribution in [0.1, 0.15) is 33.0 Å². The van der Waals surface area contributed by atoms with Gasteiger partial charge in [0.05, 0.1) is 17.8 Å². The number of hydrogen-bond acceptors (Lipinski definition) is 5. The Kier molecular flexibility index (Phi) is 5.86. The van der Waals surface area contributed by atoms with Gasteiger partial charge in [0.2, 0.25) is 0 Å². The molecule has 7 heteroatoms. The lowest BCUT2D eigenvalue weighted by atomic mass is 10.1. The van der Waals surface area contributed by atoms with Crippen LogP contribution in [0.2, 0.25) is 0 Å². The fourth-order valence-electron chi connectivity index (χ4n) is 4.15. The van der Waals surface area contributed by atoms with E-state index < -0.39 is 0 Å². The van der Waals surface area contributed by atoms with Gasteiger partial charge in [-0.15, -0.1) is 11.3 Å². The molecule has 0 atom stereocenters. The van der Waals surface area contributed by atoms with Crippen molar-refractivity contribution in [2.45, 2.75) is 26.9 Å². The number of aryl methyl sites for hydroxylation is 1. The molecule has 3 heterocycles. The van der Waals surface area contributed by atoms with Crippen LogP contribution in [0.4, 0.5) is 5.82 Å². The number of nitrogens with one attached hydrogen (secondary N) is 1. The predicted molar refractivity (Wildman–Crippen MR) is 138 cm³/mol. The van der Waals surface area contributed by atoms with Crippen LogP contribution >= 0.6 is 11.3 Å². The number of carbonyl (C=O) groups is 1. The van der Waals surface area contributed by atoms with Gasteiger partial charge in [0.15, 0.2) is 0 Å². The third-order valence-corrected chi connectivity index (χ3v) is 6.97. The summed E-state index contributed by atoms with van der Waals surface area (Å²) in [5.74, 6) is 0.397. The van der Waals surface area contributed by atoms with Gasteiger partial charge in [0.1, 0.15) is 10.8 Å². The zero-order chi connectivity index (χ0) is 23.7. The predicted octanol–water partition coefficient (Wildman–Crippen LogP) is 5.34. The molecule has 3 aromatic heterocycles. The summed E-state index contributed by atoms with van der Waals surface area (Å²) in [6, 6.07) is 20.0. The fourth-order valence-corrected chi connectivity index (χ4v) is 4.97.